The predicted octanol–water partition coefficient (Wildman–Crippen LogP) is 1.98. The van der Waals surface area contributed by atoms with E-state index in [0.717, 1.165) is 6.42 Å². The molecule has 2 rings (SSSR count). The lowest BCUT2D eigenvalue weighted by molar-refractivity contribution is -0.143. The number of carboxylic acid groups (broad SMARTS) is 1. The Morgan fingerprint density at radius 3 is 2.88 bits per heavy atom. The van der Waals surface area contributed by atoms with E-state index in [1.807, 2.05) is 0 Å². The molecule has 0 unspecified atom stereocenters. The molecule has 1 amide bonds. The number of furan rings is 1. The molecule has 0 bridgehead atoms. The fraction of sp³-hybridized carbons (Fsp3) is 0.455. The Balaban J connectivity index is 2.10. The first-order valence-electron chi connectivity index (χ1n) is 5.34. The molecule has 2 heterocycles. The molecule has 1 fully saturated rings. The van der Waals surface area contributed by atoms with E-state index in [-0.39, 0.29) is 12.5 Å². The highest BCUT2D eigenvalue weighted by Crippen LogP contribution is 2.23. The molecule has 0 aliphatic carbocycles. The fourth-order valence-electron chi connectivity index (χ4n) is 1.98. The summed E-state index contributed by atoms with van der Waals surface area (Å²) in [5.41, 5.74) is 0.441. The molecular weight excluding hydrogens is 290 g/mol. The van der Waals surface area contributed by atoms with E-state index < -0.39 is 11.9 Å². The molecule has 92 valence electrons. The molecule has 1 aliphatic heterocycles. The maximum absolute atomic E-state index is 12.1. The van der Waals surface area contributed by atoms with Crippen molar-refractivity contribution in [2.24, 2.45) is 5.92 Å². The average Bonchev–Trinajstić information content (AvgIpc) is 2.74. The second-order valence-corrected chi connectivity index (χ2v) is 4.76. The van der Waals surface area contributed by atoms with Crippen LogP contribution in [0.1, 0.15) is 23.2 Å². The Morgan fingerprint density at radius 2 is 2.29 bits per heavy atom. The van der Waals surface area contributed by atoms with Crippen molar-refractivity contribution in [2.45, 2.75) is 12.8 Å². The first-order chi connectivity index (χ1) is 8.09. The van der Waals surface area contributed by atoms with Crippen LogP contribution < -0.4 is 0 Å². The van der Waals surface area contributed by atoms with Gasteiger partial charge in [0.25, 0.3) is 5.91 Å². The van der Waals surface area contributed by atoms with Gasteiger partial charge in [-0.2, -0.15) is 0 Å². The molecule has 0 aromatic carbocycles. The molecule has 0 radical (unpaired) electrons. The van der Waals surface area contributed by atoms with Crippen LogP contribution >= 0.6 is 15.9 Å². The Hall–Kier alpha value is -1.30. The van der Waals surface area contributed by atoms with Gasteiger partial charge in [0.05, 0.1) is 17.7 Å². The number of halogens is 1. The molecular formula is C11H12BrNO4. The van der Waals surface area contributed by atoms with Crippen LogP contribution in [0.2, 0.25) is 0 Å². The van der Waals surface area contributed by atoms with E-state index in [9.17, 15) is 9.59 Å². The van der Waals surface area contributed by atoms with Gasteiger partial charge in [0.1, 0.15) is 0 Å². The first kappa shape index (κ1) is 12.2. The smallest absolute Gasteiger partial charge is 0.308 e. The van der Waals surface area contributed by atoms with E-state index in [1.54, 1.807) is 11.0 Å². The highest BCUT2D eigenvalue weighted by molar-refractivity contribution is 9.10. The molecule has 17 heavy (non-hydrogen) atoms. The summed E-state index contributed by atoms with van der Waals surface area (Å²) in [6.07, 6.45) is 2.78. The van der Waals surface area contributed by atoms with E-state index in [2.05, 4.69) is 15.9 Å². The quantitative estimate of drug-likeness (QED) is 0.907. The number of rotatable bonds is 2. The Morgan fingerprint density at radius 1 is 1.53 bits per heavy atom. The van der Waals surface area contributed by atoms with Crippen molar-refractivity contribution in [2.75, 3.05) is 13.1 Å². The molecule has 1 saturated heterocycles. The van der Waals surface area contributed by atoms with Gasteiger partial charge >= 0.3 is 5.97 Å². The minimum atomic E-state index is -0.839. The Labute approximate surface area is 107 Å². The minimum Gasteiger partial charge on any atom is -0.481 e. The number of nitrogens with zero attached hydrogens (tertiary/aromatic N) is 1. The summed E-state index contributed by atoms with van der Waals surface area (Å²) in [7, 11) is 0. The third-order valence-corrected chi connectivity index (χ3v) is 3.52. The summed E-state index contributed by atoms with van der Waals surface area (Å²) in [5, 5.41) is 8.96. The number of carbonyl (C=O) groups excluding carboxylic acids is 1. The van der Waals surface area contributed by atoms with Gasteiger partial charge in [-0.15, -0.1) is 0 Å². The Kier molecular flexibility index (Phi) is 3.51. The van der Waals surface area contributed by atoms with Crippen molar-refractivity contribution in [3.63, 3.8) is 0 Å². The van der Waals surface area contributed by atoms with Gasteiger partial charge in [-0.05, 0) is 34.8 Å². The normalized spacial score (nSPS) is 20.3. The molecule has 0 spiro atoms. The number of piperidine rings is 1. The standard InChI is InChI=1S/C11H12BrNO4/c12-9-8(3-5-17-9)10(14)13-4-1-2-7(6-13)11(15)16/h3,5,7H,1-2,4,6H2,(H,15,16)/t7-/m0/s1. The topological polar surface area (TPSA) is 70.8 Å². The highest BCUT2D eigenvalue weighted by Gasteiger charge is 2.29. The molecule has 5 nitrogen and oxygen atoms in total. The summed E-state index contributed by atoms with van der Waals surface area (Å²) < 4.78 is 5.39. The van der Waals surface area contributed by atoms with Crippen LogP contribution in [0, 0.1) is 5.92 Å². The van der Waals surface area contributed by atoms with E-state index in [0.29, 0.717) is 23.2 Å². The van der Waals surface area contributed by atoms with Crippen LogP contribution in [0.5, 0.6) is 0 Å². The lowest BCUT2D eigenvalue weighted by Crippen LogP contribution is -2.42. The van der Waals surface area contributed by atoms with E-state index >= 15 is 0 Å². The summed E-state index contributed by atoms with van der Waals surface area (Å²) >= 11 is 3.15. The zero-order chi connectivity index (χ0) is 12.4. The van der Waals surface area contributed by atoms with Crippen molar-refractivity contribution >= 4 is 27.8 Å². The number of carbonyl (C=O) groups is 2. The SMILES string of the molecule is O=C(O)[C@H]1CCCN(C(=O)c2ccoc2Br)C1. The zero-order valence-electron chi connectivity index (χ0n) is 9.06. The lowest BCUT2D eigenvalue weighted by Gasteiger charge is -2.30. The molecule has 1 atom stereocenters. The van der Waals surface area contributed by atoms with E-state index in [1.165, 1.54) is 6.26 Å². The molecule has 6 heteroatoms. The largest absolute Gasteiger partial charge is 0.481 e. The summed E-state index contributed by atoms with van der Waals surface area (Å²) in [6.45, 7) is 0.867. The highest BCUT2D eigenvalue weighted by atomic mass is 79.9. The van der Waals surface area contributed by atoms with Crippen molar-refractivity contribution in [3.05, 3.63) is 22.6 Å². The zero-order valence-corrected chi connectivity index (χ0v) is 10.6. The summed E-state index contributed by atoms with van der Waals surface area (Å²) in [4.78, 5) is 24.6. The van der Waals surface area contributed by atoms with Crippen LogP contribution in [0.25, 0.3) is 0 Å². The number of hydrogen-bond acceptors (Lipinski definition) is 3. The van der Waals surface area contributed by atoms with Gasteiger partial charge in [-0.3, -0.25) is 9.59 Å². The molecule has 1 N–H and O–H groups in total. The third-order valence-electron chi connectivity index (χ3n) is 2.91. The van der Waals surface area contributed by atoms with Crippen LogP contribution in [0.4, 0.5) is 0 Å². The van der Waals surface area contributed by atoms with Gasteiger partial charge < -0.3 is 14.4 Å². The second-order valence-electron chi connectivity index (χ2n) is 4.04. The summed E-state index contributed by atoms with van der Waals surface area (Å²) in [6, 6.07) is 1.58. The molecule has 0 saturated carbocycles. The maximum atomic E-state index is 12.1. The maximum Gasteiger partial charge on any atom is 0.308 e. The van der Waals surface area contributed by atoms with Gasteiger partial charge in [0.2, 0.25) is 0 Å². The van der Waals surface area contributed by atoms with Crippen LogP contribution in [0.3, 0.4) is 0 Å². The number of hydrogen-bond donors (Lipinski definition) is 1. The molecule has 1 aliphatic rings. The van der Waals surface area contributed by atoms with Gasteiger partial charge in [0, 0.05) is 13.1 Å². The van der Waals surface area contributed by atoms with Crippen LogP contribution in [-0.4, -0.2) is 35.0 Å². The number of aliphatic carboxylic acids is 1. The van der Waals surface area contributed by atoms with Gasteiger partial charge in [-0.1, -0.05) is 0 Å². The Bertz CT molecular complexity index is 442. The van der Waals surface area contributed by atoms with Crippen molar-refractivity contribution in [1.29, 1.82) is 0 Å². The number of amides is 1. The van der Waals surface area contributed by atoms with Crippen molar-refractivity contribution < 1.29 is 19.1 Å². The van der Waals surface area contributed by atoms with Gasteiger partial charge in [0.15, 0.2) is 4.67 Å². The monoisotopic (exact) mass is 301 g/mol. The van der Waals surface area contributed by atoms with Crippen LogP contribution in [0.15, 0.2) is 21.4 Å². The first-order valence-corrected chi connectivity index (χ1v) is 6.14. The van der Waals surface area contributed by atoms with E-state index in [4.69, 9.17) is 9.52 Å². The fourth-order valence-corrected chi connectivity index (χ4v) is 2.39. The number of carboxylic acids is 1. The lowest BCUT2D eigenvalue weighted by atomic mass is 9.98. The number of likely N-dealkylation sites (tertiary alicyclic amines) is 1. The predicted molar refractivity (Wildman–Crippen MR) is 62.7 cm³/mol. The summed E-state index contributed by atoms with van der Waals surface area (Å²) in [5.74, 6) is -1.48. The average molecular weight is 302 g/mol. The minimum absolute atomic E-state index is 0.184. The third kappa shape index (κ3) is 2.52. The van der Waals surface area contributed by atoms with Crippen molar-refractivity contribution in [3.8, 4) is 0 Å². The second kappa shape index (κ2) is 4.91. The van der Waals surface area contributed by atoms with Gasteiger partial charge in [-0.25, -0.2) is 0 Å². The molecule has 1 aromatic rings. The van der Waals surface area contributed by atoms with Crippen molar-refractivity contribution in [1.82, 2.24) is 4.90 Å². The molecule has 1 aromatic heterocycles. The van der Waals surface area contributed by atoms with Crippen LogP contribution in [-0.2, 0) is 4.79 Å².